The fraction of sp³-hybridized carbons (Fsp3) is 0.400. The Morgan fingerprint density at radius 3 is 2.07 bits per heavy atom. The SMILES string of the molecule is CC(C)(C)OC(=O)[C@](C)(C/C=C\COCc1ccccc1)NCc1ccccc1. The van der Waals surface area contributed by atoms with Crippen molar-refractivity contribution >= 4 is 5.97 Å². The van der Waals surface area contributed by atoms with Crippen molar-refractivity contribution in [2.75, 3.05) is 6.61 Å². The number of carbonyl (C=O) groups is 1. The lowest BCUT2D eigenvalue weighted by molar-refractivity contribution is -0.162. The molecule has 0 saturated heterocycles. The summed E-state index contributed by atoms with van der Waals surface area (Å²) < 4.78 is 11.3. The summed E-state index contributed by atoms with van der Waals surface area (Å²) in [5.74, 6) is -0.254. The average molecular weight is 396 g/mol. The van der Waals surface area contributed by atoms with E-state index in [1.165, 1.54) is 0 Å². The maximum atomic E-state index is 12.9. The van der Waals surface area contributed by atoms with Crippen molar-refractivity contribution in [3.05, 3.63) is 83.9 Å². The minimum atomic E-state index is -0.820. The van der Waals surface area contributed by atoms with Crippen LogP contribution in [0.1, 0.15) is 45.2 Å². The van der Waals surface area contributed by atoms with Crippen LogP contribution in [-0.2, 0) is 27.4 Å². The molecule has 0 aliphatic carbocycles. The second-order valence-corrected chi connectivity index (χ2v) is 8.35. The molecule has 0 radical (unpaired) electrons. The summed E-state index contributed by atoms with van der Waals surface area (Å²) >= 11 is 0. The van der Waals surface area contributed by atoms with Gasteiger partial charge in [0.25, 0.3) is 0 Å². The first-order valence-corrected chi connectivity index (χ1v) is 10.1. The Balaban J connectivity index is 1.91. The van der Waals surface area contributed by atoms with Gasteiger partial charge in [0.1, 0.15) is 11.1 Å². The predicted molar refractivity (Wildman–Crippen MR) is 117 cm³/mol. The van der Waals surface area contributed by atoms with Gasteiger partial charge in [-0.05, 0) is 45.2 Å². The first kappa shape index (κ1) is 22.9. The Morgan fingerprint density at radius 1 is 0.897 bits per heavy atom. The van der Waals surface area contributed by atoms with Crippen LogP contribution in [0.2, 0.25) is 0 Å². The van der Waals surface area contributed by atoms with Crippen molar-refractivity contribution < 1.29 is 14.3 Å². The molecule has 0 aliphatic rings. The van der Waals surface area contributed by atoms with Gasteiger partial charge in [-0.2, -0.15) is 0 Å². The Labute approximate surface area is 174 Å². The topological polar surface area (TPSA) is 47.6 Å². The Kier molecular flexibility index (Phi) is 8.62. The lowest BCUT2D eigenvalue weighted by atomic mass is 9.96. The number of benzene rings is 2. The highest BCUT2D eigenvalue weighted by Gasteiger charge is 2.35. The first-order valence-electron chi connectivity index (χ1n) is 10.1. The number of hydrogen-bond acceptors (Lipinski definition) is 4. The van der Waals surface area contributed by atoms with Crippen LogP contribution in [0.3, 0.4) is 0 Å². The Bertz CT molecular complexity index is 766. The third-order valence-electron chi connectivity index (χ3n) is 4.39. The molecule has 0 heterocycles. The fourth-order valence-electron chi connectivity index (χ4n) is 2.72. The number of rotatable bonds is 10. The van der Waals surface area contributed by atoms with Gasteiger partial charge in [-0.3, -0.25) is 10.1 Å². The molecule has 1 N–H and O–H groups in total. The lowest BCUT2D eigenvalue weighted by Gasteiger charge is -2.31. The average Bonchev–Trinajstić information content (AvgIpc) is 2.69. The maximum absolute atomic E-state index is 12.9. The summed E-state index contributed by atoms with van der Waals surface area (Å²) in [6.07, 6.45) is 4.45. The number of esters is 1. The van der Waals surface area contributed by atoms with Crippen molar-refractivity contribution in [1.29, 1.82) is 0 Å². The number of nitrogens with one attached hydrogen (secondary N) is 1. The molecule has 2 rings (SSSR count). The van der Waals surface area contributed by atoms with E-state index in [-0.39, 0.29) is 5.97 Å². The predicted octanol–water partition coefficient (Wildman–Crippen LogP) is 5.04. The quantitative estimate of drug-likeness (QED) is 0.348. The molecule has 0 amide bonds. The normalized spacial score (nSPS) is 13.9. The molecule has 0 unspecified atom stereocenters. The van der Waals surface area contributed by atoms with E-state index in [2.05, 4.69) is 5.32 Å². The van der Waals surface area contributed by atoms with Gasteiger partial charge in [0.2, 0.25) is 0 Å². The highest BCUT2D eigenvalue weighted by Crippen LogP contribution is 2.19. The van der Waals surface area contributed by atoms with E-state index in [1.54, 1.807) is 0 Å². The third kappa shape index (κ3) is 8.63. The molecule has 0 bridgehead atoms. The number of hydrogen-bond donors (Lipinski definition) is 1. The Hall–Kier alpha value is -2.43. The second-order valence-electron chi connectivity index (χ2n) is 8.35. The van der Waals surface area contributed by atoms with Crippen LogP contribution in [0, 0.1) is 0 Å². The van der Waals surface area contributed by atoms with Crippen molar-refractivity contribution in [2.24, 2.45) is 0 Å². The van der Waals surface area contributed by atoms with Gasteiger partial charge in [0, 0.05) is 6.54 Å². The Morgan fingerprint density at radius 2 is 1.48 bits per heavy atom. The van der Waals surface area contributed by atoms with E-state index in [9.17, 15) is 4.79 Å². The van der Waals surface area contributed by atoms with Gasteiger partial charge in [-0.1, -0.05) is 72.8 Å². The standard InChI is InChI=1S/C25H33NO3/c1-24(2,3)29-23(27)25(4,26-19-21-13-7-5-8-14-21)17-11-12-18-28-20-22-15-9-6-10-16-22/h5-16,26H,17-20H2,1-4H3/b12-11-/t25-/m0/s1. The highest BCUT2D eigenvalue weighted by atomic mass is 16.6. The third-order valence-corrected chi connectivity index (χ3v) is 4.39. The van der Waals surface area contributed by atoms with Gasteiger partial charge in [0.15, 0.2) is 0 Å². The van der Waals surface area contributed by atoms with Crippen molar-refractivity contribution in [2.45, 2.75) is 58.4 Å². The molecule has 1 atom stereocenters. The van der Waals surface area contributed by atoms with Crippen LogP contribution in [0.4, 0.5) is 0 Å². The molecule has 156 valence electrons. The van der Waals surface area contributed by atoms with Gasteiger partial charge < -0.3 is 9.47 Å². The van der Waals surface area contributed by atoms with Crippen LogP contribution in [0.5, 0.6) is 0 Å². The van der Waals surface area contributed by atoms with Crippen LogP contribution in [0.25, 0.3) is 0 Å². The monoisotopic (exact) mass is 395 g/mol. The zero-order chi connectivity index (χ0) is 21.2. The van der Waals surface area contributed by atoms with E-state index in [1.807, 2.05) is 101 Å². The molecular formula is C25H33NO3. The van der Waals surface area contributed by atoms with Crippen LogP contribution in [0.15, 0.2) is 72.8 Å². The van der Waals surface area contributed by atoms with Gasteiger partial charge in [-0.15, -0.1) is 0 Å². The van der Waals surface area contributed by atoms with E-state index in [0.717, 1.165) is 11.1 Å². The van der Waals surface area contributed by atoms with Gasteiger partial charge in [-0.25, -0.2) is 0 Å². The zero-order valence-corrected chi connectivity index (χ0v) is 18.0. The minimum absolute atomic E-state index is 0.254. The molecule has 0 spiro atoms. The molecule has 4 heteroatoms. The summed E-state index contributed by atoms with van der Waals surface area (Å²) in [5.41, 5.74) is 0.912. The van der Waals surface area contributed by atoms with Crippen LogP contribution in [-0.4, -0.2) is 23.7 Å². The fourth-order valence-corrected chi connectivity index (χ4v) is 2.72. The van der Waals surface area contributed by atoms with Crippen LogP contribution < -0.4 is 5.32 Å². The molecule has 2 aromatic carbocycles. The number of carbonyl (C=O) groups excluding carboxylic acids is 1. The summed E-state index contributed by atoms with van der Waals surface area (Å²) in [4.78, 5) is 12.9. The second kappa shape index (κ2) is 10.9. The van der Waals surface area contributed by atoms with Crippen molar-refractivity contribution in [3.8, 4) is 0 Å². The maximum Gasteiger partial charge on any atom is 0.326 e. The molecule has 29 heavy (non-hydrogen) atoms. The van der Waals surface area contributed by atoms with Crippen molar-refractivity contribution in [1.82, 2.24) is 5.32 Å². The van der Waals surface area contributed by atoms with E-state index in [4.69, 9.17) is 9.47 Å². The van der Waals surface area contributed by atoms with Gasteiger partial charge >= 0.3 is 5.97 Å². The summed E-state index contributed by atoms with van der Waals surface area (Å²) in [6, 6.07) is 20.1. The molecule has 0 saturated carbocycles. The molecule has 0 aromatic heterocycles. The largest absolute Gasteiger partial charge is 0.459 e. The molecule has 0 aliphatic heterocycles. The van der Waals surface area contributed by atoms with E-state index >= 15 is 0 Å². The van der Waals surface area contributed by atoms with E-state index < -0.39 is 11.1 Å². The smallest absolute Gasteiger partial charge is 0.326 e. The minimum Gasteiger partial charge on any atom is -0.459 e. The van der Waals surface area contributed by atoms with E-state index in [0.29, 0.717) is 26.2 Å². The summed E-state index contributed by atoms with van der Waals surface area (Å²) in [7, 11) is 0. The summed E-state index contributed by atoms with van der Waals surface area (Å²) in [5, 5.41) is 3.38. The molecular weight excluding hydrogens is 362 g/mol. The molecule has 0 fully saturated rings. The summed E-state index contributed by atoms with van der Waals surface area (Å²) in [6.45, 7) is 9.20. The first-order chi connectivity index (χ1) is 13.8. The lowest BCUT2D eigenvalue weighted by Crippen LogP contribution is -2.51. The molecule has 4 nitrogen and oxygen atoms in total. The molecule has 2 aromatic rings. The zero-order valence-electron chi connectivity index (χ0n) is 18.0. The highest BCUT2D eigenvalue weighted by molar-refractivity contribution is 5.81. The van der Waals surface area contributed by atoms with Gasteiger partial charge in [0.05, 0.1) is 13.2 Å². The van der Waals surface area contributed by atoms with Crippen molar-refractivity contribution in [3.63, 3.8) is 0 Å². The number of ether oxygens (including phenoxy) is 2. The van der Waals surface area contributed by atoms with Crippen LogP contribution >= 0.6 is 0 Å².